The van der Waals surface area contributed by atoms with Crippen molar-refractivity contribution in [2.24, 2.45) is 5.92 Å². The van der Waals surface area contributed by atoms with E-state index < -0.39 is 35.2 Å². The molecule has 0 saturated carbocycles. The molecule has 158 valence electrons. The molecule has 1 atom stereocenters. The molecule has 0 fully saturated rings. The molecule has 0 saturated heterocycles. The molecule has 0 radical (unpaired) electrons. The average Bonchev–Trinajstić information content (AvgIpc) is 2.92. The van der Waals surface area contributed by atoms with E-state index in [1.807, 2.05) is 0 Å². The number of hydrogen-bond acceptors (Lipinski definition) is 4. The highest BCUT2D eigenvalue weighted by molar-refractivity contribution is 6.16. The second-order valence-corrected chi connectivity index (χ2v) is 7.50. The fourth-order valence-electron chi connectivity index (χ4n) is 3.44. The highest BCUT2D eigenvalue weighted by Gasteiger charge is 2.44. The van der Waals surface area contributed by atoms with E-state index in [4.69, 9.17) is 0 Å². The van der Waals surface area contributed by atoms with E-state index in [0.717, 1.165) is 23.1 Å². The van der Waals surface area contributed by atoms with Gasteiger partial charge in [0.2, 0.25) is 0 Å². The van der Waals surface area contributed by atoms with Gasteiger partial charge in [-0.05, 0) is 41.8 Å². The molecule has 8 heteroatoms. The predicted molar refractivity (Wildman–Crippen MR) is 104 cm³/mol. The number of hydrogen-bond donors (Lipinski definition) is 2. The molecule has 1 aliphatic rings. The fourth-order valence-corrected chi connectivity index (χ4v) is 3.44. The molecule has 2 aromatic rings. The van der Waals surface area contributed by atoms with Crippen LogP contribution >= 0.6 is 0 Å². The minimum absolute atomic E-state index is 0.0533. The zero-order valence-electron chi connectivity index (χ0n) is 16.3. The van der Waals surface area contributed by atoms with Crippen LogP contribution in [0.15, 0.2) is 59.9 Å². The first-order chi connectivity index (χ1) is 14.0. The summed E-state index contributed by atoms with van der Waals surface area (Å²) in [6.45, 7) is 3.60. The normalized spacial score (nSPS) is 17.2. The van der Waals surface area contributed by atoms with E-state index in [9.17, 15) is 33.0 Å². The molecule has 5 nitrogen and oxygen atoms in total. The molecular weight excluding hydrogens is 399 g/mol. The van der Waals surface area contributed by atoms with E-state index in [0.29, 0.717) is 5.56 Å². The van der Waals surface area contributed by atoms with Crippen LogP contribution in [0, 0.1) is 5.92 Å². The van der Waals surface area contributed by atoms with Crippen LogP contribution in [-0.4, -0.2) is 21.9 Å². The van der Waals surface area contributed by atoms with Gasteiger partial charge in [-0.3, -0.25) is 14.5 Å². The lowest BCUT2D eigenvalue weighted by Gasteiger charge is -2.27. The van der Waals surface area contributed by atoms with Gasteiger partial charge >= 0.3 is 6.18 Å². The molecule has 1 heterocycles. The molecule has 30 heavy (non-hydrogen) atoms. The number of aliphatic hydroxyl groups excluding tert-OH is 1. The van der Waals surface area contributed by atoms with Crippen molar-refractivity contribution in [3.63, 3.8) is 0 Å². The average molecular weight is 419 g/mol. The standard InChI is InChI=1S/C22H20F3NO4/c1-12(2)10-17(28)18-19(13-6-8-16(27)9-7-13)26(21(30)20(18)29)15-5-3-4-14(11-15)22(23,24)25/h3-9,11-12,19,27,29H,10H2,1-2H3. The van der Waals surface area contributed by atoms with Crippen molar-refractivity contribution in [3.8, 4) is 5.75 Å². The highest BCUT2D eigenvalue weighted by Crippen LogP contribution is 2.43. The first-order valence-electron chi connectivity index (χ1n) is 9.26. The van der Waals surface area contributed by atoms with Gasteiger partial charge in [0.25, 0.3) is 5.91 Å². The Kier molecular flexibility index (Phi) is 5.61. The Bertz CT molecular complexity index is 1010. The zero-order chi connectivity index (χ0) is 22.2. The summed E-state index contributed by atoms with van der Waals surface area (Å²) in [7, 11) is 0. The topological polar surface area (TPSA) is 77.8 Å². The van der Waals surface area contributed by atoms with Crippen LogP contribution in [0.2, 0.25) is 0 Å². The predicted octanol–water partition coefficient (Wildman–Crippen LogP) is 4.93. The number of aromatic hydroxyl groups is 1. The Morgan fingerprint density at radius 3 is 2.30 bits per heavy atom. The number of amides is 1. The summed E-state index contributed by atoms with van der Waals surface area (Å²) in [5.74, 6) is -2.33. The molecule has 0 aliphatic carbocycles. The van der Waals surface area contributed by atoms with Crippen LogP contribution in [0.5, 0.6) is 5.75 Å². The van der Waals surface area contributed by atoms with Crippen molar-refractivity contribution in [2.75, 3.05) is 4.90 Å². The second kappa shape index (κ2) is 7.85. The SMILES string of the molecule is CC(C)CC(=O)C1=C(O)C(=O)N(c2cccc(C(F)(F)F)c2)C1c1ccc(O)cc1. The monoisotopic (exact) mass is 419 g/mol. The number of anilines is 1. The van der Waals surface area contributed by atoms with Gasteiger partial charge in [-0.1, -0.05) is 32.0 Å². The van der Waals surface area contributed by atoms with Crippen LogP contribution in [0.3, 0.4) is 0 Å². The van der Waals surface area contributed by atoms with Gasteiger partial charge in [-0.25, -0.2) is 0 Å². The van der Waals surface area contributed by atoms with Crippen molar-refractivity contribution in [2.45, 2.75) is 32.5 Å². The van der Waals surface area contributed by atoms with E-state index in [1.165, 1.54) is 30.3 Å². The van der Waals surface area contributed by atoms with Crippen molar-refractivity contribution in [1.29, 1.82) is 0 Å². The molecule has 1 aliphatic heterocycles. The molecule has 0 spiro atoms. The van der Waals surface area contributed by atoms with Crippen LogP contribution in [0.4, 0.5) is 18.9 Å². The Morgan fingerprint density at radius 1 is 1.10 bits per heavy atom. The van der Waals surface area contributed by atoms with Gasteiger partial charge in [0.1, 0.15) is 5.75 Å². The van der Waals surface area contributed by atoms with Gasteiger partial charge < -0.3 is 10.2 Å². The Labute approximate surface area is 171 Å². The van der Waals surface area contributed by atoms with Crippen LogP contribution in [-0.2, 0) is 15.8 Å². The lowest BCUT2D eigenvalue weighted by Crippen LogP contribution is -2.31. The first-order valence-corrected chi connectivity index (χ1v) is 9.26. The minimum Gasteiger partial charge on any atom is -0.508 e. The van der Waals surface area contributed by atoms with E-state index in [2.05, 4.69) is 0 Å². The van der Waals surface area contributed by atoms with Crippen molar-refractivity contribution in [3.05, 3.63) is 71.0 Å². The number of Topliss-reactive ketones (excluding diaryl/α,β-unsaturated/α-hetero) is 1. The van der Waals surface area contributed by atoms with Crippen LogP contribution in [0.1, 0.15) is 37.4 Å². The van der Waals surface area contributed by atoms with Gasteiger partial charge in [-0.2, -0.15) is 13.2 Å². The first kappa shape index (κ1) is 21.4. The number of halogens is 3. The molecule has 2 N–H and O–H groups in total. The lowest BCUT2D eigenvalue weighted by atomic mass is 9.92. The maximum atomic E-state index is 13.2. The Balaban J connectivity index is 2.16. The number of carbonyl (C=O) groups excluding carboxylic acids is 2. The van der Waals surface area contributed by atoms with E-state index >= 15 is 0 Å². The number of carbonyl (C=O) groups is 2. The highest BCUT2D eigenvalue weighted by atomic mass is 19.4. The molecule has 1 amide bonds. The molecular formula is C22H20F3NO4. The maximum Gasteiger partial charge on any atom is 0.416 e. The summed E-state index contributed by atoms with van der Waals surface area (Å²) in [4.78, 5) is 26.7. The number of aliphatic hydroxyl groups is 1. The Hall–Kier alpha value is -3.29. The molecule has 3 rings (SSSR count). The van der Waals surface area contributed by atoms with Gasteiger partial charge in [0.05, 0.1) is 17.2 Å². The summed E-state index contributed by atoms with van der Waals surface area (Å²) in [6.07, 6.45) is -4.57. The number of phenols is 1. The lowest BCUT2D eigenvalue weighted by molar-refractivity contribution is -0.137. The van der Waals surface area contributed by atoms with Gasteiger partial charge in [-0.15, -0.1) is 0 Å². The third-order valence-electron chi connectivity index (χ3n) is 4.76. The third-order valence-corrected chi connectivity index (χ3v) is 4.76. The number of benzene rings is 2. The van der Waals surface area contributed by atoms with Gasteiger partial charge in [0.15, 0.2) is 11.5 Å². The number of phenolic OH excluding ortho intramolecular Hbond substituents is 1. The van der Waals surface area contributed by atoms with Crippen molar-refractivity contribution in [1.82, 2.24) is 0 Å². The third kappa shape index (κ3) is 4.03. The number of alkyl halides is 3. The van der Waals surface area contributed by atoms with Gasteiger partial charge in [0, 0.05) is 12.1 Å². The second-order valence-electron chi connectivity index (χ2n) is 7.50. The van der Waals surface area contributed by atoms with Crippen LogP contribution in [0.25, 0.3) is 0 Å². The number of rotatable bonds is 5. The summed E-state index contributed by atoms with van der Waals surface area (Å²) in [5.41, 5.74) is -0.864. The summed E-state index contributed by atoms with van der Waals surface area (Å²) in [6, 6.07) is 8.60. The summed E-state index contributed by atoms with van der Waals surface area (Å²) < 4.78 is 39.6. The van der Waals surface area contributed by atoms with Crippen molar-refractivity contribution >= 4 is 17.4 Å². The molecule has 0 aromatic heterocycles. The molecule has 1 unspecified atom stereocenters. The molecule has 0 bridgehead atoms. The summed E-state index contributed by atoms with van der Waals surface area (Å²) >= 11 is 0. The van der Waals surface area contributed by atoms with Crippen molar-refractivity contribution < 1.29 is 33.0 Å². The minimum atomic E-state index is -4.63. The van der Waals surface area contributed by atoms with E-state index in [1.54, 1.807) is 13.8 Å². The van der Waals surface area contributed by atoms with Crippen LogP contribution < -0.4 is 4.90 Å². The summed E-state index contributed by atoms with van der Waals surface area (Å²) in [5, 5.41) is 20.1. The number of nitrogens with zero attached hydrogens (tertiary/aromatic N) is 1. The maximum absolute atomic E-state index is 13.2. The smallest absolute Gasteiger partial charge is 0.416 e. The van der Waals surface area contributed by atoms with E-state index in [-0.39, 0.29) is 29.3 Å². The fraction of sp³-hybridized carbons (Fsp3) is 0.273. The quantitative estimate of drug-likeness (QED) is 0.721. The number of ketones is 1. The largest absolute Gasteiger partial charge is 0.508 e. The molecule has 2 aromatic carbocycles. The Morgan fingerprint density at radius 2 is 1.73 bits per heavy atom. The zero-order valence-corrected chi connectivity index (χ0v) is 16.3.